The summed E-state index contributed by atoms with van der Waals surface area (Å²) in [6, 6.07) is 20.1. The second-order valence-corrected chi connectivity index (χ2v) is 6.63. The lowest BCUT2D eigenvalue weighted by atomic mass is 10.1. The third-order valence-corrected chi connectivity index (χ3v) is 4.60. The molecule has 144 valence electrons. The molecular formula is C22H14ClF2N3O. The second-order valence-electron chi connectivity index (χ2n) is 6.22. The third-order valence-electron chi connectivity index (χ3n) is 4.28. The summed E-state index contributed by atoms with van der Waals surface area (Å²) in [6.07, 6.45) is 0. The van der Waals surface area contributed by atoms with Crippen LogP contribution in [0, 0.1) is 11.6 Å². The smallest absolute Gasteiger partial charge is 0.274 e. The molecule has 1 heterocycles. The van der Waals surface area contributed by atoms with E-state index in [-0.39, 0.29) is 17.2 Å². The first-order valence-corrected chi connectivity index (χ1v) is 9.07. The van der Waals surface area contributed by atoms with Crippen molar-refractivity contribution in [1.29, 1.82) is 0 Å². The number of carbonyl (C=O) groups excluding carboxylic acids is 1. The highest BCUT2D eigenvalue weighted by molar-refractivity contribution is 6.32. The normalized spacial score (nSPS) is 10.7. The van der Waals surface area contributed by atoms with E-state index in [1.807, 2.05) is 0 Å². The van der Waals surface area contributed by atoms with Crippen molar-refractivity contribution in [1.82, 2.24) is 9.78 Å². The van der Waals surface area contributed by atoms with Crippen LogP contribution in [0.3, 0.4) is 0 Å². The summed E-state index contributed by atoms with van der Waals surface area (Å²) in [4.78, 5) is 12.9. The molecule has 3 aromatic carbocycles. The molecule has 4 nitrogen and oxygen atoms in total. The monoisotopic (exact) mass is 409 g/mol. The van der Waals surface area contributed by atoms with E-state index in [2.05, 4.69) is 10.4 Å². The van der Waals surface area contributed by atoms with Crippen LogP contribution in [0.15, 0.2) is 78.9 Å². The largest absolute Gasteiger partial charge is 0.318 e. The van der Waals surface area contributed by atoms with Gasteiger partial charge >= 0.3 is 0 Å². The van der Waals surface area contributed by atoms with Crippen LogP contribution < -0.4 is 5.32 Å². The molecule has 0 saturated carbocycles. The Bertz CT molecular complexity index is 1190. The quantitative estimate of drug-likeness (QED) is 0.468. The van der Waals surface area contributed by atoms with Crippen molar-refractivity contribution in [3.63, 3.8) is 0 Å². The van der Waals surface area contributed by atoms with Gasteiger partial charge in [0.2, 0.25) is 0 Å². The summed E-state index contributed by atoms with van der Waals surface area (Å²) in [5, 5.41) is 7.42. The van der Waals surface area contributed by atoms with Crippen molar-refractivity contribution in [2.75, 3.05) is 5.32 Å². The number of para-hydroxylation sites is 2. The number of nitrogens with zero attached hydrogens (tertiary/aromatic N) is 2. The molecule has 4 aromatic rings. The van der Waals surface area contributed by atoms with Gasteiger partial charge < -0.3 is 5.32 Å². The van der Waals surface area contributed by atoms with E-state index < -0.39 is 11.7 Å². The SMILES string of the molecule is O=C(Nc1ccccc1F)c1cc(-c2ccc(F)cc2)nn1-c1ccccc1Cl. The van der Waals surface area contributed by atoms with E-state index >= 15 is 0 Å². The summed E-state index contributed by atoms with van der Waals surface area (Å²) in [7, 11) is 0. The molecule has 0 unspecified atom stereocenters. The average molecular weight is 410 g/mol. The molecule has 1 N–H and O–H groups in total. The molecule has 7 heteroatoms. The molecule has 4 rings (SSSR count). The number of hydrogen-bond acceptors (Lipinski definition) is 2. The molecule has 0 saturated heterocycles. The molecule has 0 spiro atoms. The highest BCUT2D eigenvalue weighted by atomic mass is 35.5. The molecule has 29 heavy (non-hydrogen) atoms. The summed E-state index contributed by atoms with van der Waals surface area (Å²) in [5.74, 6) is -1.49. The van der Waals surface area contributed by atoms with E-state index in [0.717, 1.165) is 0 Å². The number of aromatic nitrogens is 2. The molecule has 0 aliphatic heterocycles. The van der Waals surface area contributed by atoms with Crippen LogP contribution in [-0.4, -0.2) is 15.7 Å². The Morgan fingerprint density at radius 1 is 0.931 bits per heavy atom. The fourth-order valence-corrected chi connectivity index (χ4v) is 3.08. The van der Waals surface area contributed by atoms with Gasteiger partial charge in [-0.1, -0.05) is 35.9 Å². The minimum atomic E-state index is -0.559. The number of halogens is 3. The van der Waals surface area contributed by atoms with E-state index in [9.17, 15) is 13.6 Å². The second kappa shape index (κ2) is 7.85. The minimum Gasteiger partial charge on any atom is -0.318 e. The van der Waals surface area contributed by atoms with Crippen molar-refractivity contribution in [3.8, 4) is 16.9 Å². The van der Waals surface area contributed by atoms with Crippen LogP contribution in [-0.2, 0) is 0 Å². The minimum absolute atomic E-state index is 0.0488. The van der Waals surface area contributed by atoms with E-state index in [1.54, 1.807) is 48.5 Å². The van der Waals surface area contributed by atoms with Gasteiger partial charge in [0.05, 0.1) is 22.1 Å². The fourth-order valence-electron chi connectivity index (χ4n) is 2.86. The van der Waals surface area contributed by atoms with Crippen molar-refractivity contribution < 1.29 is 13.6 Å². The summed E-state index contributed by atoms with van der Waals surface area (Å²) < 4.78 is 28.6. The lowest BCUT2D eigenvalue weighted by Crippen LogP contribution is -2.17. The van der Waals surface area contributed by atoms with Crippen molar-refractivity contribution in [3.05, 3.63) is 101 Å². The van der Waals surface area contributed by atoms with Gasteiger partial charge in [0.25, 0.3) is 5.91 Å². The van der Waals surface area contributed by atoms with Crippen molar-refractivity contribution in [2.24, 2.45) is 0 Å². The van der Waals surface area contributed by atoms with Gasteiger partial charge in [-0.15, -0.1) is 0 Å². The topological polar surface area (TPSA) is 46.9 Å². The van der Waals surface area contributed by atoms with Crippen LogP contribution in [0.5, 0.6) is 0 Å². The zero-order valence-electron chi connectivity index (χ0n) is 14.9. The van der Waals surface area contributed by atoms with Gasteiger partial charge in [0.1, 0.15) is 17.3 Å². The van der Waals surface area contributed by atoms with Gasteiger partial charge in [-0.2, -0.15) is 5.10 Å². The lowest BCUT2D eigenvalue weighted by molar-refractivity contribution is 0.101. The molecule has 1 amide bonds. The van der Waals surface area contributed by atoms with E-state index in [4.69, 9.17) is 11.6 Å². The van der Waals surface area contributed by atoms with Crippen LogP contribution in [0.1, 0.15) is 10.5 Å². The van der Waals surface area contributed by atoms with E-state index in [0.29, 0.717) is 22.0 Å². The molecule has 0 fully saturated rings. The Hall–Kier alpha value is -3.51. The standard InChI is InChI=1S/C22H14ClF2N3O/c23-16-5-1-4-8-20(16)28-21(22(29)26-18-7-3-2-6-17(18)25)13-19(27-28)14-9-11-15(24)12-10-14/h1-13H,(H,26,29). The number of rotatable bonds is 4. The zero-order chi connectivity index (χ0) is 20.4. The average Bonchev–Trinajstić information content (AvgIpc) is 3.16. The molecule has 1 aromatic heterocycles. The summed E-state index contributed by atoms with van der Waals surface area (Å²) in [6.45, 7) is 0. The number of carbonyl (C=O) groups is 1. The molecule has 0 radical (unpaired) electrons. The number of nitrogens with one attached hydrogen (secondary N) is 1. The molecule has 0 bridgehead atoms. The highest BCUT2D eigenvalue weighted by Gasteiger charge is 2.20. The summed E-state index contributed by atoms with van der Waals surface area (Å²) in [5.41, 5.74) is 1.76. The number of hydrogen-bond donors (Lipinski definition) is 1. The van der Waals surface area contributed by atoms with Crippen molar-refractivity contribution >= 4 is 23.2 Å². The van der Waals surface area contributed by atoms with E-state index in [1.165, 1.54) is 35.0 Å². The van der Waals surface area contributed by atoms with Crippen LogP contribution in [0.25, 0.3) is 16.9 Å². The summed E-state index contributed by atoms with van der Waals surface area (Å²) >= 11 is 6.29. The Kier molecular flexibility index (Phi) is 5.10. The number of benzene rings is 3. The number of amides is 1. The Labute approximate surface area is 170 Å². The van der Waals surface area contributed by atoms with Gasteiger partial charge in [0, 0.05) is 5.56 Å². The first kappa shape index (κ1) is 18.8. The zero-order valence-corrected chi connectivity index (χ0v) is 15.7. The predicted octanol–water partition coefficient (Wildman–Crippen LogP) is 5.72. The van der Waals surface area contributed by atoms with Crippen LogP contribution >= 0.6 is 11.6 Å². The van der Waals surface area contributed by atoms with Gasteiger partial charge in [-0.3, -0.25) is 4.79 Å². The Morgan fingerprint density at radius 2 is 1.62 bits per heavy atom. The van der Waals surface area contributed by atoms with Crippen molar-refractivity contribution in [2.45, 2.75) is 0 Å². The molecule has 0 aliphatic rings. The van der Waals surface area contributed by atoms with Crippen LogP contribution in [0.2, 0.25) is 5.02 Å². The lowest BCUT2D eigenvalue weighted by Gasteiger charge is -2.10. The predicted molar refractivity (Wildman–Crippen MR) is 108 cm³/mol. The first-order chi connectivity index (χ1) is 14.0. The molecule has 0 aliphatic carbocycles. The maximum atomic E-state index is 14.0. The third kappa shape index (κ3) is 3.88. The van der Waals surface area contributed by atoms with Gasteiger partial charge in [-0.05, 0) is 54.6 Å². The number of anilines is 1. The van der Waals surface area contributed by atoms with Gasteiger partial charge in [-0.25, -0.2) is 13.5 Å². The van der Waals surface area contributed by atoms with Gasteiger partial charge in [0.15, 0.2) is 0 Å². The maximum absolute atomic E-state index is 14.0. The maximum Gasteiger partial charge on any atom is 0.274 e. The Balaban J connectivity index is 1.80. The Morgan fingerprint density at radius 3 is 2.34 bits per heavy atom. The fraction of sp³-hybridized carbons (Fsp3) is 0. The molecular weight excluding hydrogens is 396 g/mol. The highest BCUT2D eigenvalue weighted by Crippen LogP contribution is 2.26. The molecule has 0 atom stereocenters. The first-order valence-electron chi connectivity index (χ1n) is 8.70. The van der Waals surface area contributed by atoms with Crippen LogP contribution in [0.4, 0.5) is 14.5 Å².